The molecule has 0 radical (unpaired) electrons. The number of hydrogen-bond donors (Lipinski definition) is 1. The Kier molecular flexibility index (Phi) is 3.69. The molecule has 0 spiro atoms. The Morgan fingerprint density at radius 3 is 2.57 bits per heavy atom. The third kappa shape index (κ3) is 2.79. The normalized spacial score (nSPS) is 16.6. The van der Waals surface area contributed by atoms with Crippen LogP contribution in [-0.2, 0) is 5.54 Å². The Bertz CT molecular complexity index is 633. The lowest BCUT2D eigenvalue weighted by Gasteiger charge is -2.31. The summed E-state index contributed by atoms with van der Waals surface area (Å²) in [6.07, 6.45) is 8.79. The van der Waals surface area contributed by atoms with Crippen LogP contribution in [0.15, 0.2) is 43.0 Å². The maximum atomic E-state index is 12.5. The van der Waals surface area contributed by atoms with Crippen molar-refractivity contribution < 1.29 is 4.79 Å². The van der Waals surface area contributed by atoms with E-state index in [1.54, 1.807) is 12.4 Å². The SMILES string of the molecule is Cc1cccc(C2(NC(=O)c3cncnc3)CCCC2)c1. The number of aryl methyl sites for hydroxylation is 1. The first-order valence-corrected chi connectivity index (χ1v) is 7.34. The van der Waals surface area contributed by atoms with Crippen molar-refractivity contribution in [3.8, 4) is 0 Å². The van der Waals surface area contributed by atoms with Gasteiger partial charge in [-0.2, -0.15) is 0 Å². The number of rotatable bonds is 3. The van der Waals surface area contributed by atoms with Crippen LogP contribution in [0.2, 0.25) is 0 Å². The van der Waals surface area contributed by atoms with E-state index in [0.29, 0.717) is 5.56 Å². The van der Waals surface area contributed by atoms with E-state index in [9.17, 15) is 4.79 Å². The van der Waals surface area contributed by atoms with Gasteiger partial charge in [0.15, 0.2) is 0 Å². The summed E-state index contributed by atoms with van der Waals surface area (Å²) in [5.74, 6) is -0.0981. The molecule has 4 nitrogen and oxygen atoms in total. The van der Waals surface area contributed by atoms with Crippen molar-refractivity contribution >= 4 is 5.91 Å². The van der Waals surface area contributed by atoms with E-state index >= 15 is 0 Å². The van der Waals surface area contributed by atoms with Gasteiger partial charge in [-0.15, -0.1) is 0 Å². The highest BCUT2D eigenvalue weighted by Crippen LogP contribution is 2.39. The Labute approximate surface area is 124 Å². The molecule has 0 aliphatic heterocycles. The second kappa shape index (κ2) is 5.64. The first kappa shape index (κ1) is 13.7. The molecule has 2 aromatic rings. The molecule has 1 aromatic heterocycles. The largest absolute Gasteiger partial charge is 0.342 e. The predicted molar refractivity (Wildman–Crippen MR) is 80.8 cm³/mol. The molecule has 0 unspecified atom stereocenters. The van der Waals surface area contributed by atoms with Crippen molar-refractivity contribution in [2.24, 2.45) is 0 Å². The maximum absolute atomic E-state index is 12.5. The minimum Gasteiger partial charge on any atom is -0.342 e. The van der Waals surface area contributed by atoms with Gasteiger partial charge in [0.1, 0.15) is 6.33 Å². The molecule has 1 heterocycles. The predicted octanol–water partition coefficient (Wildman–Crippen LogP) is 2.98. The fourth-order valence-corrected chi connectivity index (χ4v) is 3.11. The number of carbonyl (C=O) groups is 1. The second-order valence-electron chi connectivity index (χ2n) is 5.74. The molecule has 108 valence electrons. The van der Waals surface area contributed by atoms with Crippen LogP contribution in [0.4, 0.5) is 0 Å². The van der Waals surface area contributed by atoms with Crippen LogP contribution in [0.1, 0.15) is 47.2 Å². The summed E-state index contributed by atoms with van der Waals surface area (Å²) in [7, 11) is 0. The molecule has 3 rings (SSSR count). The van der Waals surface area contributed by atoms with Crippen LogP contribution in [-0.4, -0.2) is 15.9 Å². The van der Waals surface area contributed by atoms with Gasteiger partial charge in [0.05, 0.1) is 11.1 Å². The Balaban J connectivity index is 1.90. The number of benzene rings is 1. The van der Waals surface area contributed by atoms with Crippen LogP contribution in [0.5, 0.6) is 0 Å². The summed E-state index contributed by atoms with van der Waals surface area (Å²) >= 11 is 0. The molecule has 0 saturated heterocycles. The number of nitrogens with zero attached hydrogens (tertiary/aromatic N) is 2. The zero-order chi connectivity index (χ0) is 14.7. The van der Waals surface area contributed by atoms with E-state index in [-0.39, 0.29) is 11.4 Å². The Morgan fingerprint density at radius 2 is 1.90 bits per heavy atom. The Hall–Kier alpha value is -2.23. The average Bonchev–Trinajstić information content (AvgIpc) is 2.98. The van der Waals surface area contributed by atoms with Gasteiger partial charge in [0.2, 0.25) is 0 Å². The molecule has 1 aromatic carbocycles. The van der Waals surface area contributed by atoms with Gasteiger partial charge in [-0.1, -0.05) is 42.7 Å². The minimum absolute atomic E-state index is 0.0981. The van der Waals surface area contributed by atoms with Crippen LogP contribution in [0.25, 0.3) is 0 Å². The summed E-state index contributed by atoms with van der Waals surface area (Å²) in [5.41, 5.74) is 2.68. The highest BCUT2D eigenvalue weighted by atomic mass is 16.1. The molecular weight excluding hydrogens is 262 g/mol. The second-order valence-corrected chi connectivity index (χ2v) is 5.74. The van der Waals surface area contributed by atoms with Gasteiger partial charge in [0.25, 0.3) is 5.91 Å². The van der Waals surface area contributed by atoms with E-state index in [4.69, 9.17) is 0 Å². The van der Waals surface area contributed by atoms with Crippen LogP contribution in [0, 0.1) is 6.92 Å². The molecule has 4 heteroatoms. The first-order chi connectivity index (χ1) is 10.2. The number of nitrogens with one attached hydrogen (secondary N) is 1. The molecular formula is C17H19N3O. The van der Waals surface area contributed by atoms with E-state index < -0.39 is 0 Å². The molecule has 1 amide bonds. The van der Waals surface area contributed by atoms with Gasteiger partial charge in [-0.25, -0.2) is 9.97 Å². The van der Waals surface area contributed by atoms with Gasteiger partial charge in [-0.05, 0) is 25.3 Å². The van der Waals surface area contributed by atoms with Gasteiger partial charge < -0.3 is 5.32 Å². The number of amides is 1. The highest BCUT2D eigenvalue weighted by molar-refractivity contribution is 5.94. The smallest absolute Gasteiger partial charge is 0.255 e. The van der Waals surface area contributed by atoms with E-state index in [2.05, 4.69) is 46.5 Å². The van der Waals surface area contributed by atoms with Crippen LogP contribution >= 0.6 is 0 Å². The van der Waals surface area contributed by atoms with E-state index in [1.165, 1.54) is 17.5 Å². The summed E-state index contributed by atoms with van der Waals surface area (Å²) in [5, 5.41) is 3.23. The lowest BCUT2D eigenvalue weighted by molar-refractivity contribution is 0.0897. The molecule has 1 N–H and O–H groups in total. The lowest BCUT2D eigenvalue weighted by Crippen LogP contribution is -2.43. The molecule has 1 saturated carbocycles. The minimum atomic E-state index is -0.251. The van der Waals surface area contributed by atoms with Crippen molar-refractivity contribution in [3.63, 3.8) is 0 Å². The van der Waals surface area contributed by atoms with Crippen molar-refractivity contribution in [2.45, 2.75) is 38.1 Å². The highest BCUT2D eigenvalue weighted by Gasteiger charge is 2.37. The van der Waals surface area contributed by atoms with Gasteiger partial charge >= 0.3 is 0 Å². The van der Waals surface area contributed by atoms with Gasteiger partial charge in [-0.3, -0.25) is 4.79 Å². The first-order valence-electron chi connectivity index (χ1n) is 7.34. The number of hydrogen-bond acceptors (Lipinski definition) is 3. The quantitative estimate of drug-likeness (QED) is 0.941. The molecule has 1 fully saturated rings. The fraction of sp³-hybridized carbons (Fsp3) is 0.353. The molecule has 1 aliphatic carbocycles. The third-order valence-corrected chi connectivity index (χ3v) is 4.20. The molecule has 1 aliphatic rings. The summed E-state index contributed by atoms with van der Waals surface area (Å²) in [4.78, 5) is 20.3. The lowest BCUT2D eigenvalue weighted by atomic mass is 9.87. The topological polar surface area (TPSA) is 54.9 Å². The fourth-order valence-electron chi connectivity index (χ4n) is 3.11. The standard InChI is InChI=1S/C17H19N3O/c1-13-5-4-6-15(9-13)17(7-2-3-8-17)20-16(21)14-10-18-12-19-11-14/h4-6,9-12H,2-3,7-8H2,1H3,(H,20,21). The summed E-state index contributed by atoms with van der Waals surface area (Å²) in [6, 6.07) is 8.43. The number of aromatic nitrogens is 2. The zero-order valence-corrected chi connectivity index (χ0v) is 12.2. The number of carbonyl (C=O) groups excluding carboxylic acids is 1. The van der Waals surface area contributed by atoms with Crippen LogP contribution < -0.4 is 5.32 Å². The van der Waals surface area contributed by atoms with Crippen molar-refractivity contribution in [2.75, 3.05) is 0 Å². The molecule has 21 heavy (non-hydrogen) atoms. The van der Waals surface area contributed by atoms with E-state index in [0.717, 1.165) is 25.7 Å². The Morgan fingerprint density at radius 1 is 1.19 bits per heavy atom. The zero-order valence-electron chi connectivity index (χ0n) is 12.2. The van der Waals surface area contributed by atoms with Crippen molar-refractivity contribution in [3.05, 3.63) is 59.7 Å². The maximum Gasteiger partial charge on any atom is 0.255 e. The van der Waals surface area contributed by atoms with Gasteiger partial charge in [0, 0.05) is 12.4 Å². The third-order valence-electron chi connectivity index (χ3n) is 4.20. The molecule has 0 bridgehead atoms. The van der Waals surface area contributed by atoms with Crippen molar-refractivity contribution in [1.29, 1.82) is 0 Å². The average molecular weight is 281 g/mol. The van der Waals surface area contributed by atoms with E-state index in [1.807, 2.05) is 0 Å². The summed E-state index contributed by atoms with van der Waals surface area (Å²) < 4.78 is 0. The van der Waals surface area contributed by atoms with Crippen molar-refractivity contribution in [1.82, 2.24) is 15.3 Å². The molecule has 0 atom stereocenters. The van der Waals surface area contributed by atoms with Crippen LogP contribution in [0.3, 0.4) is 0 Å². The monoisotopic (exact) mass is 281 g/mol. The summed E-state index contributed by atoms with van der Waals surface area (Å²) in [6.45, 7) is 2.08.